The zero-order valence-corrected chi connectivity index (χ0v) is 16.8. The zero-order valence-electron chi connectivity index (χ0n) is 16.8. The summed E-state index contributed by atoms with van der Waals surface area (Å²) in [5.41, 5.74) is 3.78. The number of pyridine rings is 2. The average Bonchev–Trinajstić information content (AvgIpc) is 3.08. The van der Waals surface area contributed by atoms with Crippen molar-refractivity contribution in [2.45, 2.75) is 25.6 Å². The van der Waals surface area contributed by atoms with Crippen LogP contribution in [-0.2, 0) is 31.4 Å². The number of aryl methyl sites for hydroxylation is 1. The number of fused-ring (bicyclic) bond motifs is 1. The lowest BCUT2D eigenvalue weighted by atomic mass is 10.0. The number of benzene rings is 1. The summed E-state index contributed by atoms with van der Waals surface area (Å²) >= 11 is 0. The predicted octanol–water partition coefficient (Wildman–Crippen LogP) is 3.67. The van der Waals surface area contributed by atoms with Gasteiger partial charge in [-0.05, 0) is 35.9 Å². The molecule has 0 bridgehead atoms. The molecule has 0 aliphatic rings. The van der Waals surface area contributed by atoms with Gasteiger partial charge in [-0.3, -0.25) is 19.7 Å². The highest BCUT2D eigenvalue weighted by Crippen LogP contribution is 2.24. The number of carbonyl (C=O) groups is 1. The first-order chi connectivity index (χ1) is 14.6. The predicted molar refractivity (Wildman–Crippen MR) is 116 cm³/mol. The zero-order chi connectivity index (χ0) is 20.9. The maximum Gasteiger partial charge on any atom is 0.321 e. The molecule has 152 valence electrons. The number of para-hydroxylation sites is 1. The number of nitrogens with zero attached hydrogens (tertiary/aromatic N) is 4. The van der Waals surface area contributed by atoms with Crippen molar-refractivity contribution in [2.24, 2.45) is 7.05 Å². The van der Waals surface area contributed by atoms with Crippen LogP contribution in [0.5, 0.6) is 0 Å². The molecule has 0 radical (unpaired) electrons. The van der Waals surface area contributed by atoms with E-state index in [-0.39, 0.29) is 0 Å². The van der Waals surface area contributed by atoms with Gasteiger partial charge >= 0.3 is 5.97 Å². The Balaban J connectivity index is 1.68. The summed E-state index contributed by atoms with van der Waals surface area (Å²) in [7, 11) is 1.99. The van der Waals surface area contributed by atoms with E-state index in [2.05, 4.69) is 9.97 Å². The van der Waals surface area contributed by atoms with Crippen LogP contribution in [-0.4, -0.2) is 36.6 Å². The molecule has 1 unspecified atom stereocenters. The number of aromatic nitrogens is 3. The van der Waals surface area contributed by atoms with Crippen molar-refractivity contribution >= 4 is 16.9 Å². The molecule has 4 aromatic rings. The monoisotopic (exact) mass is 400 g/mol. The maximum absolute atomic E-state index is 12.4. The van der Waals surface area contributed by atoms with Crippen molar-refractivity contribution < 1.29 is 9.90 Å². The summed E-state index contributed by atoms with van der Waals surface area (Å²) in [6, 6.07) is 18.8. The molecule has 0 fully saturated rings. The summed E-state index contributed by atoms with van der Waals surface area (Å²) in [5.74, 6) is -0.852. The normalized spacial score (nSPS) is 12.3. The molecule has 0 saturated carbocycles. The highest BCUT2D eigenvalue weighted by molar-refractivity contribution is 5.85. The van der Waals surface area contributed by atoms with Crippen molar-refractivity contribution in [3.05, 3.63) is 96.2 Å². The van der Waals surface area contributed by atoms with Crippen LogP contribution in [0.15, 0.2) is 79.3 Å². The van der Waals surface area contributed by atoms with Crippen LogP contribution in [0.25, 0.3) is 10.9 Å². The number of carboxylic acids is 1. The summed E-state index contributed by atoms with van der Waals surface area (Å²) in [4.78, 5) is 23.1. The van der Waals surface area contributed by atoms with E-state index < -0.39 is 12.0 Å². The second-order valence-corrected chi connectivity index (χ2v) is 7.39. The molecule has 0 spiro atoms. The second kappa shape index (κ2) is 8.88. The van der Waals surface area contributed by atoms with Gasteiger partial charge in [0.1, 0.15) is 6.04 Å². The van der Waals surface area contributed by atoms with Crippen molar-refractivity contribution in [3.63, 3.8) is 0 Å². The molecule has 1 atom stereocenters. The highest BCUT2D eigenvalue weighted by Gasteiger charge is 2.28. The Bertz CT molecular complexity index is 1080. The molecule has 0 amide bonds. The Kier molecular flexibility index (Phi) is 5.86. The summed E-state index contributed by atoms with van der Waals surface area (Å²) in [6.45, 7) is 0.859. The average molecular weight is 400 g/mol. The number of hydrogen-bond donors (Lipinski definition) is 1. The second-order valence-electron chi connectivity index (χ2n) is 7.39. The van der Waals surface area contributed by atoms with E-state index in [0.29, 0.717) is 19.5 Å². The van der Waals surface area contributed by atoms with Crippen LogP contribution in [0.4, 0.5) is 0 Å². The summed E-state index contributed by atoms with van der Waals surface area (Å²) in [6.07, 6.45) is 5.89. The van der Waals surface area contributed by atoms with Crippen LogP contribution in [0.3, 0.4) is 0 Å². The molecule has 1 aromatic carbocycles. The van der Waals surface area contributed by atoms with E-state index in [0.717, 1.165) is 27.9 Å². The topological polar surface area (TPSA) is 71.2 Å². The first-order valence-electron chi connectivity index (χ1n) is 9.91. The fraction of sp³-hybridized carbons (Fsp3) is 0.208. The van der Waals surface area contributed by atoms with Crippen molar-refractivity contribution in [3.8, 4) is 0 Å². The van der Waals surface area contributed by atoms with Gasteiger partial charge in [0.15, 0.2) is 0 Å². The Hall–Kier alpha value is -3.51. The molecule has 6 heteroatoms. The molecule has 30 heavy (non-hydrogen) atoms. The third-order valence-electron chi connectivity index (χ3n) is 5.30. The highest BCUT2D eigenvalue weighted by atomic mass is 16.4. The number of hydrogen-bond acceptors (Lipinski definition) is 4. The molecular weight excluding hydrogens is 376 g/mol. The lowest BCUT2D eigenvalue weighted by Gasteiger charge is -2.28. The molecule has 0 saturated heterocycles. The first-order valence-corrected chi connectivity index (χ1v) is 9.91. The number of aliphatic carboxylic acids is 1. The fourth-order valence-electron chi connectivity index (χ4n) is 3.84. The lowest BCUT2D eigenvalue weighted by Crippen LogP contribution is -2.42. The van der Waals surface area contributed by atoms with Crippen molar-refractivity contribution in [1.82, 2.24) is 19.4 Å². The van der Waals surface area contributed by atoms with Crippen molar-refractivity contribution in [2.75, 3.05) is 0 Å². The van der Waals surface area contributed by atoms with Crippen LogP contribution in [0.1, 0.15) is 17.0 Å². The van der Waals surface area contributed by atoms with Crippen molar-refractivity contribution in [1.29, 1.82) is 0 Å². The Morgan fingerprint density at radius 3 is 2.13 bits per heavy atom. The minimum atomic E-state index is -0.852. The fourth-order valence-corrected chi connectivity index (χ4v) is 3.84. The van der Waals surface area contributed by atoms with Gasteiger partial charge in [-0.1, -0.05) is 30.3 Å². The van der Waals surface area contributed by atoms with Gasteiger partial charge in [-0.15, -0.1) is 0 Å². The lowest BCUT2D eigenvalue weighted by molar-refractivity contribution is -0.143. The van der Waals surface area contributed by atoms with Crippen LogP contribution in [0, 0.1) is 0 Å². The minimum Gasteiger partial charge on any atom is -0.480 e. The number of rotatable bonds is 8. The largest absolute Gasteiger partial charge is 0.480 e. The molecule has 0 aliphatic carbocycles. The van der Waals surface area contributed by atoms with E-state index in [4.69, 9.17) is 0 Å². The Morgan fingerprint density at radius 2 is 1.57 bits per heavy atom. The molecule has 0 aliphatic heterocycles. The third kappa shape index (κ3) is 4.39. The Morgan fingerprint density at radius 1 is 0.967 bits per heavy atom. The van der Waals surface area contributed by atoms with E-state index >= 15 is 0 Å². The van der Waals surface area contributed by atoms with Gasteiger partial charge in [0.05, 0.1) is 11.4 Å². The van der Waals surface area contributed by atoms with Gasteiger partial charge in [0.25, 0.3) is 0 Å². The van der Waals surface area contributed by atoms with Gasteiger partial charge < -0.3 is 9.67 Å². The molecule has 6 nitrogen and oxygen atoms in total. The standard InChI is InChI=1S/C24H24N4O2/c1-27-15-18(21-10-2-3-11-22(21)27)14-23(24(29)30)28(16-19-8-4-6-12-25-19)17-20-9-5-7-13-26-20/h2-13,15,23H,14,16-17H2,1H3,(H,29,30). The minimum absolute atomic E-state index is 0.399. The molecule has 3 heterocycles. The van der Waals surface area contributed by atoms with Gasteiger partial charge in [-0.25, -0.2) is 0 Å². The number of carboxylic acid groups (broad SMARTS) is 1. The van der Waals surface area contributed by atoms with Gasteiger partial charge in [0, 0.05) is 56.1 Å². The third-order valence-corrected chi connectivity index (χ3v) is 5.30. The smallest absolute Gasteiger partial charge is 0.321 e. The van der Waals surface area contributed by atoms with Gasteiger partial charge in [0.2, 0.25) is 0 Å². The van der Waals surface area contributed by atoms with Crippen LogP contribution in [0.2, 0.25) is 0 Å². The molecular formula is C24H24N4O2. The van der Waals surface area contributed by atoms with E-state index in [1.54, 1.807) is 12.4 Å². The van der Waals surface area contributed by atoms with Gasteiger partial charge in [-0.2, -0.15) is 0 Å². The summed E-state index contributed by atoms with van der Waals surface area (Å²) in [5, 5.41) is 11.2. The van der Waals surface area contributed by atoms with Crippen LogP contribution < -0.4 is 0 Å². The van der Waals surface area contributed by atoms with E-state index in [1.807, 2.05) is 83.4 Å². The maximum atomic E-state index is 12.4. The SMILES string of the molecule is Cn1cc(CC(C(=O)O)N(Cc2ccccn2)Cc2ccccn2)c2ccccc21. The molecule has 3 aromatic heterocycles. The quantitative estimate of drug-likeness (QED) is 0.489. The molecule has 1 N–H and O–H groups in total. The molecule has 4 rings (SSSR count). The van der Waals surface area contributed by atoms with Crippen LogP contribution >= 0.6 is 0 Å². The Labute approximate surface area is 175 Å². The summed E-state index contributed by atoms with van der Waals surface area (Å²) < 4.78 is 2.05. The van der Waals surface area contributed by atoms with E-state index in [1.165, 1.54) is 0 Å². The van der Waals surface area contributed by atoms with E-state index in [9.17, 15) is 9.90 Å². The first kappa shape index (κ1) is 19.8.